The van der Waals surface area contributed by atoms with E-state index in [-0.39, 0.29) is 5.69 Å². The van der Waals surface area contributed by atoms with E-state index < -0.39 is 17.5 Å². The van der Waals surface area contributed by atoms with Crippen molar-refractivity contribution in [1.82, 2.24) is 4.98 Å². The molecule has 1 aromatic heterocycles. The number of benzene rings is 3. The summed E-state index contributed by atoms with van der Waals surface area (Å²) in [5, 5.41) is 3.19. The van der Waals surface area contributed by atoms with Crippen LogP contribution in [-0.2, 0) is 0 Å². The molecule has 1 heterocycles. The van der Waals surface area contributed by atoms with Crippen LogP contribution >= 0.6 is 0 Å². The Morgan fingerprint density at radius 2 is 1.61 bits per heavy atom. The topological polar surface area (TPSA) is 42.0 Å². The van der Waals surface area contributed by atoms with E-state index >= 15 is 0 Å². The third-order valence-electron chi connectivity index (χ3n) is 6.49. The molecule has 5 heteroatoms. The van der Waals surface area contributed by atoms with Crippen LogP contribution < -0.4 is 5.32 Å². The number of hydrogen-bond acceptors (Lipinski definition) is 2. The average Bonchev–Trinajstić information content (AvgIpc) is 2.85. The number of nitrogens with one attached hydrogen (secondary N) is 1. The molecule has 0 saturated heterocycles. The first-order valence-corrected chi connectivity index (χ1v) is 11.3. The summed E-state index contributed by atoms with van der Waals surface area (Å²) in [5.74, 6) is -1.32. The number of pyridine rings is 1. The lowest BCUT2D eigenvalue weighted by Gasteiger charge is -2.22. The summed E-state index contributed by atoms with van der Waals surface area (Å²) in [6, 6.07) is 19.2. The maximum Gasteiger partial charge on any atom is 0.256 e. The van der Waals surface area contributed by atoms with Gasteiger partial charge in [0.25, 0.3) is 5.91 Å². The van der Waals surface area contributed by atoms with Crippen LogP contribution in [0.3, 0.4) is 0 Å². The van der Waals surface area contributed by atoms with Gasteiger partial charge in [0, 0.05) is 17.6 Å². The molecule has 166 valence electrons. The molecule has 5 rings (SSSR count). The summed E-state index contributed by atoms with van der Waals surface area (Å²) in [4.78, 5) is 17.2. The fourth-order valence-corrected chi connectivity index (χ4v) is 4.69. The lowest BCUT2D eigenvalue weighted by molar-refractivity contribution is 0.102. The number of halogens is 2. The van der Waals surface area contributed by atoms with Crippen LogP contribution in [-0.4, -0.2) is 10.9 Å². The zero-order chi connectivity index (χ0) is 22.8. The maximum absolute atomic E-state index is 14.0. The first-order chi connectivity index (χ1) is 16.1. The van der Waals surface area contributed by atoms with E-state index in [1.165, 1.54) is 43.7 Å². The van der Waals surface area contributed by atoms with E-state index in [9.17, 15) is 13.6 Å². The predicted molar refractivity (Wildman–Crippen MR) is 127 cm³/mol. The molecule has 0 radical (unpaired) electrons. The summed E-state index contributed by atoms with van der Waals surface area (Å²) < 4.78 is 27.1. The molecule has 4 aromatic rings. The van der Waals surface area contributed by atoms with Gasteiger partial charge in [-0.2, -0.15) is 0 Å². The van der Waals surface area contributed by atoms with E-state index in [0.29, 0.717) is 22.4 Å². The van der Waals surface area contributed by atoms with E-state index in [0.717, 1.165) is 23.3 Å². The summed E-state index contributed by atoms with van der Waals surface area (Å²) in [7, 11) is 0. The second kappa shape index (κ2) is 9.10. The number of amides is 1. The van der Waals surface area contributed by atoms with Gasteiger partial charge < -0.3 is 5.32 Å². The van der Waals surface area contributed by atoms with Crippen LogP contribution in [0, 0.1) is 11.6 Å². The Hall–Kier alpha value is -3.60. The van der Waals surface area contributed by atoms with Crippen LogP contribution in [0.25, 0.3) is 22.0 Å². The van der Waals surface area contributed by atoms with Crippen LogP contribution in [0.4, 0.5) is 14.5 Å². The number of carbonyl (C=O) groups excluding carboxylic acids is 1. The largest absolute Gasteiger partial charge is 0.319 e. The number of hydrogen-bond donors (Lipinski definition) is 1. The number of fused-ring (bicyclic) bond motifs is 1. The third kappa shape index (κ3) is 4.49. The fraction of sp³-hybridized carbons (Fsp3) is 0.214. The van der Waals surface area contributed by atoms with Gasteiger partial charge >= 0.3 is 0 Å². The zero-order valence-corrected chi connectivity index (χ0v) is 18.2. The number of aromatic nitrogens is 1. The number of rotatable bonds is 4. The van der Waals surface area contributed by atoms with Crippen molar-refractivity contribution in [3.63, 3.8) is 0 Å². The van der Waals surface area contributed by atoms with Gasteiger partial charge in [-0.15, -0.1) is 0 Å². The summed E-state index contributed by atoms with van der Waals surface area (Å²) in [5.41, 5.74) is 4.51. The molecule has 0 atom stereocenters. The van der Waals surface area contributed by atoms with Crippen molar-refractivity contribution in [2.75, 3.05) is 5.32 Å². The van der Waals surface area contributed by atoms with Crippen LogP contribution in [0.2, 0.25) is 0 Å². The highest BCUT2D eigenvalue weighted by Crippen LogP contribution is 2.34. The molecule has 0 spiro atoms. The molecule has 1 aliphatic rings. The van der Waals surface area contributed by atoms with Crippen LogP contribution in [0.5, 0.6) is 0 Å². The fourth-order valence-electron chi connectivity index (χ4n) is 4.69. The first kappa shape index (κ1) is 21.3. The molecule has 1 saturated carbocycles. The maximum atomic E-state index is 14.0. The summed E-state index contributed by atoms with van der Waals surface area (Å²) in [6.45, 7) is 0. The Bertz CT molecular complexity index is 1310. The second-order valence-electron chi connectivity index (χ2n) is 8.63. The monoisotopic (exact) mass is 442 g/mol. The number of anilines is 1. The summed E-state index contributed by atoms with van der Waals surface area (Å²) in [6.07, 6.45) is 8.07. The Kier molecular flexibility index (Phi) is 5.86. The minimum absolute atomic E-state index is 0.0685. The van der Waals surface area contributed by atoms with Crippen LogP contribution in [0.15, 0.2) is 72.9 Å². The standard InChI is InChI=1S/C28H24F2N2O/c29-22-11-13-26(25(30)17-22)32-28(33)24-14-15-31-27-16-21(10-12-23(24)27)20-8-6-19(7-9-20)18-4-2-1-3-5-18/h6-18H,1-5H2,(H,32,33). The molecule has 1 N–H and O–H groups in total. The molecule has 33 heavy (non-hydrogen) atoms. The quantitative estimate of drug-likeness (QED) is 0.356. The second-order valence-corrected chi connectivity index (χ2v) is 8.63. The van der Waals surface area contributed by atoms with E-state index in [1.54, 1.807) is 12.3 Å². The van der Waals surface area contributed by atoms with Gasteiger partial charge in [0.2, 0.25) is 0 Å². The molecular formula is C28H24F2N2O. The van der Waals surface area contributed by atoms with Crippen LogP contribution in [0.1, 0.15) is 53.9 Å². The number of carbonyl (C=O) groups is 1. The van der Waals surface area contributed by atoms with E-state index in [4.69, 9.17) is 0 Å². The lowest BCUT2D eigenvalue weighted by Crippen LogP contribution is -2.13. The first-order valence-electron chi connectivity index (χ1n) is 11.3. The third-order valence-corrected chi connectivity index (χ3v) is 6.49. The summed E-state index contributed by atoms with van der Waals surface area (Å²) >= 11 is 0. The Labute approximate surface area is 191 Å². The molecule has 0 unspecified atom stereocenters. The Morgan fingerprint density at radius 3 is 2.36 bits per heavy atom. The van der Waals surface area contributed by atoms with Crippen molar-refractivity contribution in [1.29, 1.82) is 0 Å². The SMILES string of the molecule is O=C(Nc1ccc(F)cc1F)c1ccnc2cc(-c3ccc(C4CCCCC4)cc3)ccc12. The highest BCUT2D eigenvalue weighted by atomic mass is 19.1. The van der Waals surface area contributed by atoms with Gasteiger partial charge in [0.15, 0.2) is 0 Å². The molecule has 3 nitrogen and oxygen atoms in total. The highest BCUT2D eigenvalue weighted by molar-refractivity contribution is 6.12. The van der Waals surface area contributed by atoms with Gasteiger partial charge in [0.05, 0.1) is 16.8 Å². The van der Waals surface area contributed by atoms with Gasteiger partial charge in [-0.05, 0) is 59.7 Å². The Morgan fingerprint density at radius 1 is 0.848 bits per heavy atom. The van der Waals surface area contributed by atoms with E-state index in [2.05, 4.69) is 34.6 Å². The molecular weight excluding hydrogens is 418 g/mol. The predicted octanol–water partition coefficient (Wildman–Crippen LogP) is 7.48. The molecule has 1 aliphatic carbocycles. The van der Waals surface area contributed by atoms with Crippen molar-refractivity contribution in [2.45, 2.75) is 38.0 Å². The van der Waals surface area contributed by atoms with Crippen molar-refractivity contribution in [3.8, 4) is 11.1 Å². The highest BCUT2D eigenvalue weighted by Gasteiger charge is 2.16. The zero-order valence-electron chi connectivity index (χ0n) is 18.2. The number of nitrogens with zero attached hydrogens (tertiary/aromatic N) is 1. The van der Waals surface area contributed by atoms with Crippen molar-refractivity contribution >= 4 is 22.5 Å². The molecule has 1 fully saturated rings. The molecule has 0 bridgehead atoms. The van der Waals surface area contributed by atoms with E-state index in [1.807, 2.05) is 18.2 Å². The van der Waals surface area contributed by atoms with Gasteiger partial charge in [0.1, 0.15) is 11.6 Å². The molecule has 1 amide bonds. The minimum atomic E-state index is -0.819. The molecule has 0 aliphatic heterocycles. The van der Waals surface area contributed by atoms with Crippen molar-refractivity contribution in [3.05, 3.63) is 95.7 Å². The van der Waals surface area contributed by atoms with Gasteiger partial charge in [-0.25, -0.2) is 8.78 Å². The van der Waals surface area contributed by atoms with Gasteiger partial charge in [-0.3, -0.25) is 9.78 Å². The Balaban J connectivity index is 1.40. The minimum Gasteiger partial charge on any atom is -0.319 e. The normalized spacial score (nSPS) is 14.4. The van der Waals surface area contributed by atoms with Crippen molar-refractivity contribution < 1.29 is 13.6 Å². The van der Waals surface area contributed by atoms with Gasteiger partial charge in [-0.1, -0.05) is 55.7 Å². The van der Waals surface area contributed by atoms with Crippen molar-refractivity contribution in [2.24, 2.45) is 0 Å². The molecule has 3 aromatic carbocycles. The lowest BCUT2D eigenvalue weighted by atomic mass is 9.83. The average molecular weight is 443 g/mol. The smallest absolute Gasteiger partial charge is 0.256 e.